The molecule has 44 heavy (non-hydrogen) atoms. The van der Waals surface area contributed by atoms with Gasteiger partial charge in [-0.15, -0.1) is 0 Å². The van der Waals surface area contributed by atoms with Crippen molar-refractivity contribution in [3.63, 3.8) is 0 Å². The SMILES string of the molecule is CCCN(CCCCCCCCCCN(CCC)Cc1ccccc1OC(=O)N(C)C)Cc1ccccc1OC(=O)N(C)C. The molecule has 0 atom stereocenters. The molecule has 0 spiro atoms. The lowest BCUT2D eigenvalue weighted by Crippen LogP contribution is -2.28. The summed E-state index contributed by atoms with van der Waals surface area (Å²) >= 11 is 0. The Bertz CT molecular complexity index is 1010. The summed E-state index contributed by atoms with van der Waals surface area (Å²) in [7, 11) is 6.81. The molecule has 2 rings (SSSR count). The molecule has 0 radical (unpaired) electrons. The first-order valence-electron chi connectivity index (χ1n) is 16.6. The number of hydrogen-bond acceptors (Lipinski definition) is 6. The highest BCUT2D eigenvalue weighted by molar-refractivity contribution is 5.71. The zero-order valence-corrected chi connectivity index (χ0v) is 28.4. The topological polar surface area (TPSA) is 65.6 Å². The molecule has 0 heterocycles. The number of rotatable bonds is 21. The maximum Gasteiger partial charge on any atom is 0.414 e. The summed E-state index contributed by atoms with van der Waals surface area (Å²) in [4.78, 5) is 32.0. The van der Waals surface area contributed by atoms with Crippen molar-refractivity contribution in [2.45, 2.75) is 91.1 Å². The van der Waals surface area contributed by atoms with E-state index in [-0.39, 0.29) is 12.2 Å². The quantitative estimate of drug-likeness (QED) is 0.133. The summed E-state index contributed by atoms with van der Waals surface area (Å²) in [6, 6.07) is 15.7. The Balaban J connectivity index is 1.66. The van der Waals surface area contributed by atoms with Crippen LogP contribution in [0.15, 0.2) is 48.5 Å². The Morgan fingerprint density at radius 3 is 1.20 bits per heavy atom. The largest absolute Gasteiger partial charge is 0.414 e. The van der Waals surface area contributed by atoms with Crippen LogP contribution in [0.1, 0.15) is 89.2 Å². The number of nitrogens with zero attached hydrogens (tertiary/aromatic N) is 4. The van der Waals surface area contributed by atoms with Crippen molar-refractivity contribution in [1.82, 2.24) is 19.6 Å². The van der Waals surface area contributed by atoms with Gasteiger partial charge >= 0.3 is 12.2 Å². The van der Waals surface area contributed by atoms with Gasteiger partial charge in [-0.3, -0.25) is 9.80 Å². The molecule has 8 nitrogen and oxygen atoms in total. The molecule has 2 aromatic carbocycles. The number of benzene rings is 2. The molecule has 0 aliphatic rings. The minimum Gasteiger partial charge on any atom is -0.410 e. The second kappa shape index (κ2) is 21.6. The number of hydrogen-bond donors (Lipinski definition) is 0. The second-order valence-corrected chi connectivity index (χ2v) is 12.1. The number of carbonyl (C=O) groups excluding carboxylic acids is 2. The number of ether oxygens (including phenoxy) is 2. The molecule has 0 aliphatic carbocycles. The van der Waals surface area contributed by atoms with Crippen LogP contribution in [0.25, 0.3) is 0 Å². The molecule has 0 aliphatic heterocycles. The van der Waals surface area contributed by atoms with Gasteiger partial charge in [0.15, 0.2) is 0 Å². The number of unbranched alkanes of at least 4 members (excludes halogenated alkanes) is 7. The minimum absolute atomic E-state index is 0.344. The van der Waals surface area contributed by atoms with Crippen LogP contribution in [0, 0.1) is 0 Å². The van der Waals surface area contributed by atoms with E-state index in [0.717, 1.165) is 63.2 Å². The predicted molar refractivity (Wildman–Crippen MR) is 180 cm³/mol. The molecule has 0 bridgehead atoms. The Hall–Kier alpha value is -3.10. The van der Waals surface area contributed by atoms with Crippen molar-refractivity contribution < 1.29 is 19.1 Å². The molecule has 0 saturated heterocycles. The maximum atomic E-state index is 12.1. The van der Waals surface area contributed by atoms with Gasteiger partial charge in [0.2, 0.25) is 0 Å². The highest BCUT2D eigenvalue weighted by Crippen LogP contribution is 2.23. The van der Waals surface area contributed by atoms with Crippen LogP contribution in [0.5, 0.6) is 11.5 Å². The fraction of sp³-hybridized carbons (Fsp3) is 0.611. The smallest absolute Gasteiger partial charge is 0.410 e. The normalized spacial score (nSPS) is 11.2. The van der Waals surface area contributed by atoms with Crippen molar-refractivity contribution in [3.8, 4) is 11.5 Å². The molecule has 0 unspecified atom stereocenters. The number of carbonyl (C=O) groups is 2. The monoisotopic (exact) mass is 610 g/mol. The fourth-order valence-corrected chi connectivity index (χ4v) is 5.22. The Labute approximate surface area is 267 Å². The van der Waals surface area contributed by atoms with Crippen molar-refractivity contribution in [2.24, 2.45) is 0 Å². The highest BCUT2D eigenvalue weighted by Gasteiger charge is 2.15. The molecular weight excluding hydrogens is 552 g/mol. The molecule has 0 N–H and O–H groups in total. The first-order chi connectivity index (χ1) is 21.2. The van der Waals surface area contributed by atoms with Crippen molar-refractivity contribution >= 4 is 12.2 Å². The van der Waals surface area contributed by atoms with Crippen LogP contribution in [0.2, 0.25) is 0 Å². The maximum absolute atomic E-state index is 12.1. The van der Waals surface area contributed by atoms with Gasteiger partial charge in [-0.2, -0.15) is 0 Å². The van der Waals surface area contributed by atoms with E-state index in [0.29, 0.717) is 11.5 Å². The van der Waals surface area contributed by atoms with E-state index in [2.05, 4.69) is 35.8 Å². The molecule has 0 aromatic heterocycles. The Morgan fingerprint density at radius 1 is 0.523 bits per heavy atom. The van der Waals surface area contributed by atoms with Crippen LogP contribution in [0.4, 0.5) is 9.59 Å². The molecular formula is C36H58N4O4. The van der Waals surface area contributed by atoms with E-state index < -0.39 is 0 Å². The molecule has 0 saturated carbocycles. The van der Waals surface area contributed by atoms with Crippen LogP contribution in [-0.2, 0) is 13.1 Å². The van der Waals surface area contributed by atoms with Gasteiger partial charge in [-0.25, -0.2) is 9.59 Å². The third kappa shape index (κ3) is 14.6. The van der Waals surface area contributed by atoms with E-state index in [1.807, 2.05) is 36.4 Å². The zero-order chi connectivity index (χ0) is 32.2. The zero-order valence-electron chi connectivity index (χ0n) is 28.4. The summed E-state index contributed by atoms with van der Waals surface area (Å²) in [5, 5.41) is 0. The van der Waals surface area contributed by atoms with E-state index in [4.69, 9.17) is 9.47 Å². The second-order valence-electron chi connectivity index (χ2n) is 12.1. The fourth-order valence-electron chi connectivity index (χ4n) is 5.22. The standard InChI is InChI=1S/C36H58N4O4/c1-7-25-39(29-31-21-15-17-23-33(31)43-35(41)37(3)4)27-19-13-11-9-10-12-14-20-28-40(26-8-2)30-32-22-16-18-24-34(32)44-36(42)38(5)6/h15-18,21-24H,7-14,19-20,25-30H2,1-6H3. The van der Waals surface area contributed by atoms with Crippen molar-refractivity contribution in [2.75, 3.05) is 54.4 Å². The van der Waals surface area contributed by atoms with Gasteiger partial charge in [0.1, 0.15) is 11.5 Å². The Morgan fingerprint density at radius 2 is 0.864 bits per heavy atom. The average molecular weight is 611 g/mol. The van der Waals surface area contributed by atoms with Crippen LogP contribution in [-0.4, -0.2) is 86.2 Å². The van der Waals surface area contributed by atoms with Crippen LogP contribution in [0.3, 0.4) is 0 Å². The molecule has 2 aromatic rings. The molecule has 2 amide bonds. The molecule has 8 heteroatoms. The minimum atomic E-state index is -0.344. The van der Waals surface area contributed by atoms with Crippen molar-refractivity contribution in [1.29, 1.82) is 0 Å². The number of para-hydroxylation sites is 2. The summed E-state index contributed by atoms with van der Waals surface area (Å²) in [6.45, 7) is 10.2. The molecule has 246 valence electrons. The number of amides is 2. The van der Waals surface area contributed by atoms with Gasteiger partial charge in [-0.05, 0) is 64.0 Å². The lowest BCUT2D eigenvalue weighted by atomic mass is 10.1. The van der Waals surface area contributed by atoms with Gasteiger partial charge in [-0.1, -0.05) is 88.8 Å². The third-order valence-corrected chi connectivity index (χ3v) is 7.64. The highest BCUT2D eigenvalue weighted by atomic mass is 16.6. The predicted octanol–water partition coefficient (Wildman–Crippen LogP) is 8.05. The first kappa shape index (κ1) is 37.1. The van der Waals surface area contributed by atoms with E-state index in [1.54, 1.807) is 28.2 Å². The van der Waals surface area contributed by atoms with Crippen LogP contribution < -0.4 is 9.47 Å². The average Bonchev–Trinajstić information content (AvgIpc) is 2.99. The summed E-state index contributed by atoms with van der Waals surface area (Å²) in [6.07, 6.45) is 11.5. The lowest BCUT2D eigenvalue weighted by Gasteiger charge is -2.23. The van der Waals surface area contributed by atoms with E-state index in [1.165, 1.54) is 61.2 Å². The molecule has 0 fully saturated rings. The van der Waals surface area contributed by atoms with Gasteiger partial charge in [0.05, 0.1) is 0 Å². The van der Waals surface area contributed by atoms with E-state index in [9.17, 15) is 9.59 Å². The Kier molecular flexibility index (Phi) is 18.2. The summed E-state index contributed by atoms with van der Waals surface area (Å²) < 4.78 is 11.2. The lowest BCUT2D eigenvalue weighted by molar-refractivity contribution is 0.169. The summed E-state index contributed by atoms with van der Waals surface area (Å²) in [5.74, 6) is 1.31. The summed E-state index contributed by atoms with van der Waals surface area (Å²) in [5.41, 5.74) is 2.12. The van der Waals surface area contributed by atoms with Gasteiger partial charge < -0.3 is 19.3 Å². The van der Waals surface area contributed by atoms with Crippen molar-refractivity contribution in [3.05, 3.63) is 59.7 Å². The first-order valence-corrected chi connectivity index (χ1v) is 16.6. The van der Waals surface area contributed by atoms with E-state index >= 15 is 0 Å². The van der Waals surface area contributed by atoms with Gasteiger partial charge in [0, 0.05) is 52.4 Å². The third-order valence-electron chi connectivity index (χ3n) is 7.64. The van der Waals surface area contributed by atoms with Crippen LogP contribution >= 0.6 is 0 Å². The van der Waals surface area contributed by atoms with Gasteiger partial charge in [0.25, 0.3) is 0 Å².